The van der Waals surface area contributed by atoms with Gasteiger partial charge in [0.05, 0.1) is 13.1 Å². The van der Waals surface area contributed by atoms with E-state index in [-0.39, 0.29) is 29.9 Å². The van der Waals surface area contributed by atoms with E-state index in [1.807, 2.05) is 19.9 Å². The van der Waals surface area contributed by atoms with Crippen LogP contribution >= 0.6 is 0 Å². The largest absolute Gasteiger partial charge is 0.465 e. The predicted octanol–water partition coefficient (Wildman–Crippen LogP) is 0.241. The Hall–Kier alpha value is -2.64. The van der Waals surface area contributed by atoms with Crippen molar-refractivity contribution in [2.24, 2.45) is 0 Å². The number of aromatic nitrogens is 3. The molecule has 0 radical (unpaired) electrons. The second-order valence-electron chi connectivity index (χ2n) is 5.04. The van der Waals surface area contributed by atoms with Crippen LogP contribution in [-0.4, -0.2) is 32.9 Å². The third-order valence-corrected chi connectivity index (χ3v) is 3.21. The molecule has 2 amide bonds. The van der Waals surface area contributed by atoms with Crippen LogP contribution in [0.25, 0.3) is 0 Å². The average molecular weight is 289 g/mol. The van der Waals surface area contributed by atoms with Gasteiger partial charge >= 0.3 is 0 Å². The Morgan fingerprint density at radius 1 is 1.57 bits per heavy atom. The molecule has 0 aromatic carbocycles. The molecule has 21 heavy (non-hydrogen) atoms. The van der Waals surface area contributed by atoms with Crippen LogP contribution in [0.5, 0.6) is 0 Å². The van der Waals surface area contributed by atoms with Crippen LogP contribution in [0.15, 0.2) is 16.5 Å². The molecule has 0 saturated carbocycles. The number of hydrogen-bond acceptors (Lipinski definition) is 5. The van der Waals surface area contributed by atoms with Gasteiger partial charge < -0.3 is 15.1 Å². The van der Waals surface area contributed by atoms with Gasteiger partial charge in [0.25, 0.3) is 11.8 Å². The first kappa shape index (κ1) is 13.3. The van der Waals surface area contributed by atoms with Crippen molar-refractivity contribution < 1.29 is 14.0 Å². The highest BCUT2D eigenvalue weighted by Crippen LogP contribution is 2.12. The molecule has 2 aromatic rings. The fraction of sp³-hybridized carbons (Fsp3) is 0.385. The van der Waals surface area contributed by atoms with E-state index in [0.29, 0.717) is 12.3 Å². The first-order chi connectivity index (χ1) is 10.0. The van der Waals surface area contributed by atoms with Crippen LogP contribution in [0, 0.1) is 6.92 Å². The quantitative estimate of drug-likeness (QED) is 0.842. The van der Waals surface area contributed by atoms with E-state index >= 15 is 0 Å². The molecule has 1 atom stereocenters. The summed E-state index contributed by atoms with van der Waals surface area (Å²) in [7, 11) is 0. The van der Waals surface area contributed by atoms with Gasteiger partial charge in [-0.1, -0.05) is 5.21 Å². The number of carbonyl (C=O) groups is 2. The zero-order valence-corrected chi connectivity index (χ0v) is 11.7. The molecule has 0 spiro atoms. The van der Waals surface area contributed by atoms with Gasteiger partial charge in [-0.05, 0) is 26.0 Å². The second-order valence-corrected chi connectivity index (χ2v) is 5.04. The van der Waals surface area contributed by atoms with Crippen molar-refractivity contribution >= 4 is 11.8 Å². The molecule has 2 aromatic heterocycles. The van der Waals surface area contributed by atoms with Crippen molar-refractivity contribution in [1.82, 2.24) is 25.6 Å². The molecule has 0 aliphatic carbocycles. The van der Waals surface area contributed by atoms with Gasteiger partial charge in [0.2, 0.25) is 0 Å². The number of rotatable bonds is 3. The summed E-state index contributed by atoms with van der Waals surface area (Å²) in [5.74, 6) is 0.626. The predicted molar refractivity (Wildman–Crippen MR) is 71.6 cm³/mol. The molecule has 3 rings (SSSR count). The van der Waals surface area contributed by atoms with Gasteiger partial charge in [-0.3, -0.25) is 9.59 Å². The van der Waals surface area contributed by atoms with E-state index in [4.69, 9.17) is 4.42 Å². The first-order valence-electron chi connectivity index (χ1n) is 6.62. The topological polar surface area (TPSA) is 102 Å². The molecule has 2 N–H and O–H groups in total. The number of carbonyl (C=O) groups excluding carboxylic acids is 2. The van der Waals surface area contributed by atoms with Gasteiger partial charge in [-0.25, -0.2) is 4.68 Å². The minimum atomic E-state index is -0.449. The maximum atomic E-state index is 12.1. The minimum absolute atomic E-state index is 0.0303. The van der Waals surface area contributed by atoms with Crippen LogP contribution in [0.1, 0.15) is 39.4 Å². The van der Waals surface area contributed by atoms with Crippen molar-refractivity contribution in [1.29, 1.82) is 0 Å². The monoisotopic (exact) mass is 289 g/mol. The summed E-state index contributed by atoms with van der Waals surface area (Å²) in [4.78, 5) is 24.1. The average Bonchev–Trinajstić information content (AvgIpc) is 3.02. The number of aryl methyl sites for hydroxylation is 1. The maximum Gasteiger partial charge on any atom is 0.274 e. The first-order valence-corrected chi connectivity index (χ1v) is 6.62. The summed E-state index contributed by atoms with van der Waals surface area (Å²) in [6.45, 7) is 4.42. The fourth-order valence-corrected chi connectivity index (χ4v) is 2.25. The summed E-state index contributed by atoms with van der Waals surface area (Å²) < 4.78 is 6.82. The lowest BCUT2D eigenvalue weighted by atomic mass is 10.2. The van der Waals surface area contributed by atoms with Crippen LogP contribution < -0.4 is 10.6 Å². The van der Waals surface area contributed by atoms with E-state index in [1.54, 1.807) is 6.07 Å². The Morgan fingerprint density at radius 3 is 3.10 bits per heavy atom. The summed E-state index contributed by atoms with van der Waals surface area (Å²) in [5, 5.41) is 13.1. The molecule has 0 bridgehead atoms. The Labute approximate surface area is 120 Å². The van der Waals surface area contributed by atoms with Gasteiger partial charge in [-0.15, -0.1) is 5.10 Å². The zero-order chi connectivity index (χ0) is 15.0. The van der Waals surface area contributed by atoms with Crippen molar-refractivity contribution in [2.45, 2.75) is 33.0 Å². The van der Waals surface area contributed by atoms with E-state index in [2.05, 4.69) is 20.9 Å². The molecular weight excluding hydrogens is 274 g/mol. The van der Waals surface area contributed by atoms with Gasteiger partial charge in [-0.2, -0.15) is 0 Å². The minimum Gasteiger partial charge on any atom is -0.465 e. The van der Waals surface area contributed by atoms with Crippen LogP contribution in [0.4, 0.5) is 0 Å². The fourth-order valence-electron chi connectivity index (χ4n) is 2.25. The summed E-state index contributed by atoms with van der Waals surface area (Å²) in [6, 6.07) is 3.56. The van der Waals surface area contributed by atoms with Gasteiger partial charge in [0.15, 0.2) is 11.4 Å². The Balaban J connectivity index is 1.75. The standard InChI is InChI=1S/C13H15N5O3/c1-7-6-18-11(13(20)15-7)10(16-17-18)12(19)14-5-9-4-3-8(2)21-9/h3-4,7H,5-6H2,1-2H3,(H,14,19)(H,15,20)/t7-/m0/s1. The lowest BCUT2D eigenvalue weighted by molar-refractivity contribution is 0.0880. The number of nitrogens with one attached hydrogen (secondary N) is 2. The molecule has 8 nitrogen and oxygen atoms in total. The smallest absolute Gasteiger partial charge is 0.274 e. The van der Waals surface area contributed by atoms with E-state index < -0.39 is 5.91 Å². The number of amides is 2. The number of hydrogen-bond donors (Lipinski definition) is 2. The zero-order valence-electron chi connectivity index (χ0n) is 11.7. The molecule has 0 unspecified atom stereocenters. The van der Waals surface area contributed by atoms with Crippen molar-refractivity contribution in [3.05, 3.63) is 35.0 Å². The SMILES string of the molecule is Cc1ccc(CNC(=O)c2nnn3c2C(=O)N[C@@H](C)C3)o1. The Kier molecular flexibility index (Phi) is 3.20. The lowest BCUT2D eigenvalue weighted by Crippen LogP contribution is -2.43. The molecule has 8 heteroatoms. The molecule has 0 fully saturated rings. The van der Waals surface area contributed by atoms with E-state index in [1.165, 1.54) is 4.68 Å². The number of fused-ring (bicyclic) bond motifs is 1. The molecule has 1 aliphatic heterocycles. The highest BCUT2D eigenvalue weighted by molar-refractivity contribution is 6.05. The summed E-state index contributed by atoms with van der Waals surface area (Å²) >= 11 is 0. The Bertz CT molecular complexity index is 702. The molecule has 110 valence electrons. The molecule has 3 heterocycles. The molecule has 0 saturated heterocycles. The highest BCUT2D eigenvalue weighted by Gasteiger charge is 2.30. The highest BCUT2D eigenvalue weighted by atomic mass is 16.3. The van der Waals surface area contributed by atoms with Crippen LogP contribution in [-0.2, 0) is 13.1 Å². The van der Waals surface area contributed by atoms with Gasteiger partial charge in [0, 0.05) is 6.04 Å². The molecular formula is C13H15N5O3. The third-order valence-electron chi connectivity index (χ3n) is 3.21. The van der Waals surface area contributed by atoms with Crippen LogP contribution in [0.3, 0.4) is 0 Å². The van der Waals surface area contributed by atoms with E-state index in [0.717, 1.165) is 5.76 Å². The Morgan fingerprint density at radius 2 is 2.38 bits per heavy atom. The lowest BCUT2D eigenvalue weighted by Gasteiger charge is -2.20. The van der Waals surface area contributed by atoms with Crippen molar-refractivity contribution in [2.75, 3.05) is 0 Å². The van der Waals surface area contributed by atoms with Crippen molar-refractivity contribution in [3.63, 3.8) is 0 Å². The normalized spacial score (nSPS) is 17.2. The summed E-state index contributed by atoms with van der Waals surface area (Å²) in [5.41, 5.74) is 0.226. The van der Waals surface area contributed by atoms with Gasteiger partial charge in [0.1, 0.15) is 11.5 Å². The molecule has 1 aliphatic rings. The number of nitrogens with zero attached hydrogens (tertiary/aromatic N) is 3. The summed E-state index contributed by atoms with van der Waals surface area (Å²) in [6.07, 6.45) is 0. The second kappa shape index (κ2) is 5.04. The third kappa shape index (κ3) is 2.51. The van der Waals surface area contributed by atoms with E-state index in [9.17, 15) is 9.59 Å². The van der Waals surface area contributed by atoms with Crippen LogP contribution in [0.2, 0.25) is 0 Å². The maximum absolute atomic E-state index is 12.1. The van der Waals surface area contributed by atoms with Crippen molar-refractivity contribution in [3.8, 4) is 0 Å². The number of furan rings is 1.